The van der Waals surface area contributed by atoms with Gasteiger partial charge in [-0.3, -0.25) is 14.3 Å². The molecule has 0 saturated heterocycles. The normalized spacial score (nSPS) is 12.0. The van der Waals surface area contributed by atoms with E-state index >= 15 is 0 Å². The van der Waals surface area contributed by atoms with E-state index in [0.717, 1.165) is 9.75 Å². The summed E-state index contributed by atoms with van der Waals surface area (Å²) in [6.07, 6.45) is -0.218. The van der Waals surface area contributed by atoms with Crippen LogP contribution in [0.4, 0.5) is 8.78 Å². The van der Waals surface area contributed by atoms with Gasteiger partial charge in [-0.2, -0.15) is 10.2 Å². The van der Waals surface area contributed by atoms with Crippen molar-refractivity contribution in [2.75, 3.05) is 7.11 Å². The molecule has 1 aromatic heterocycles. The third kappa shape index (κ3) is 4.35. The van der Waals surface area contributed by atoms with Crippen LogP contribution in [-0.4, -0.2) is 27.9 Å². The van der Waals surface area contributed by atoms with Gasteiger partial charge >= 0.3 is 0 Å². The number of nitrogens with zero attached hydrogens (tertiary/aromatic N) is 3. The largest absolute Gasteiger partial charge is 0.285 e. The third-order valence-corrected chi connectivity index (χ3v) is 4.22. The predicted molar refractivity (Wildman–Crippen MR) is 96.5 cm³/mol. The molecule has 0 saturated carbocycles. The first-order valence-corrected chi connectivity index (χ1v) is 8.32. The van der Waals surface area contributed by atoms with Crippen molar-refractivity contribution in [2.24, 2.45) is 7.05 Å². The van der Waals surface area contributed by atoms with Gasteiger partial charge in [0.25, 0.3) is 12.3 Å². The number of aryl methyl sites for hydroxylation is 1. The van der Waals surface area contributed by atoms with Crippen molar-refractivity contribution < 1.29 is 18.4 Å². The molecule has 0 radical (unpaired) electrons. The summed E-state index contributed by atoms with van der Waals surface area (Å²) < 4.78 is 27.4. The Balaban J connectivity index is 2.44. The molecule has 1 heterocycles. The van der Waals surface area contributed by atoms with Crippen molar-refractivity contribution in [3.63, 3.8) is 0 Å². The van der Waals surface area contributed by atoms with E-state index in [2.05, 4.69) is 5.10 Å². The molecule has 0 aliphatic heterocycles. The molecule has 5 nitrogen and oxygen atoms in total. The van der Waals surface area contributed by atoms with Crippen LogP contribution in [0.2, 0.25) is 15.1 Å². The topological polar surface area (TPSA) is 47.4 Å². The maximum atomic E-state index is 13.1. The molecular formula is C16H14Cl3F2N3O2. The summed E-state index contributed by atoms with van der Waals surface area (Å²) in [4.78, 5) is 17.7. The maximum Gasteiger partial charge on any atom is 0.285 e. The zero-order chi connectivity index (χ0) is 19.6. The molecule has 0 fully saturated rings. The van der Waals surface area contributed by atoms with E-state index in [9.17, 15) is 13.6 Å². The summed E-state index contributed by atoms with van der Waals surface area (Å²) >= 11 is 18.1. The minimum Gasteiger partial charge on any atom is -0.275 e. The van der Waals surface area contributed by atoms with E-state index in [1.54, 1.807) is 6.92 Å². The standard InChI is InChI=1S/C16H14Cl3F2N3O2/c1-8(4-10-12(18)5-9(17)6-13(10)19)24(26-3)16(25)11-7-23(2)22-14(11)15(20)21/h4-7,15H,1-3H3/b8-4+. The number of hydroxylamine groups is 2. The average molecular weight is 425 g/mol. The van der Waals surface area contributed by atoms with E-state index in [1.165, 1.54) is 38.6 Å². The second kappa shape index (κ2) is 8.35. The predicted octanol–water partition coefficient (Wildman–Crippen LogP) is 5.38. The number of allylic oxidation sites excluding steroid dienone is 1. The van der Waals surface area contributed by atoms with Gasteiger partial charge in [0.15, 0.2) is 0 Å². The van der Waals surface area contributed by atoms with Crippen molar-refractivity contribution in [1.82, 2.24) is 14.8 Å². The van der Waals surface area contributed by atoms with Crippen molar-refractivity contribution in [1.29, 1.82) is 0 Å². The minimum absolute atomic E-state index is 0.264. The lowest BCUT2D eigenvalue weighted by atomic mass is 10.1. The molecule has 0 bridgehead atoms. The van der Waals surface area contributed by atoms with E-state index in [1.807, 2.05) is 0 Å². The fourth-order valence-electron chi connectivity index (χ4n) is 2.29. The summed E-state index contributed by atoms with van der Waals surface area (Å²) in [6, 6.07) is 2.98. The number of carbonyl (C=O) groups is 1. The first-order chi connectivity index (χ1) is 12.1. The molecule has 0 aliphatic carbocycles. The number of hydrogen-bond donors (Lipinski definition) is 0. The Kier molecular flexibility index (Phi) is 6.63. The van der Waals surface area contributed by atoms with Gasteiger partial charge in [-0.1, -0.05) is 34.8 Å². The highest BCUT2D eigenvalue weighted by molar-refractivity contribution is 6.40. The number of alkyl halides is 2. The van der Waals surface area contributed by atoms with Gasteiger partial charge in [0.05, 0.1) is 22.7 Å². The first-order valence-electron chi connectivity index (χ1n) is 7.18. The Bertz CT molecular complexity index is 845. The molecule has 10 heteroatoms. The number of carbonyl (C=O) groups excluding carboxylic acids is 1. The fourth-order valence-corrected chi connectivity index (χ4v) is 3.21. The molecule has 1 aromatic carbocycles. The number of amides is 1. The van der Waals surface area contributed by atoms with E-state index in [4.69, 9.17) is 39.6 Å². The Morgan fingerprint density at radius 1 is 1.31 bits per heavy atom. The van der Waals surface area contributed by atoms with Gasteiger partial charge in [0.2, 0.25) is 0 Å². The summed E-state index contributed by atoms with van der Waals surface area (Å²) in [6.45, 7) is 1.54. The van der Waals surface area contributed by atoms with Crippen molar-refractivity contribution in [2.45, 2.75) is 13.3 Å². The number of hydrogen-bond acceptors (Lipinski definition) is 3. The minimum atomic E-state index is -2.90. The Labute approximate surface area is 163 Å². The molecule has 2 rings (SSSR count). The SMILES string of the molecule is CON(C(=O)c1cn(C)nc1C(F)F)/C(C)=C/c1c(Cl)cc(Cl)cc1Cl. The van der Waals surface area contributed by atoms with Crippen molar-refractivity contribution in [3.05, 3.63) is 55.9 Å². The monoisotopic (exact) mass is 423 g/mol. The second-order valence-electron chi connectivity index (χ2n) is 5.25. The van der Waals surface area contributed by atoms with Gasteiger partial charge in [0, 0.05) is 29.5 Å². The first kappa shape index (κ1) is 20.6. The third-order valence-electron chi connectivity index (χ3n) is 3.38. The number of benzene rings is 1. The number of aromatic nitrogens is 2. The van der Waals surface area contributed by atoms with Gasteiger partial charge in [-0.05, 0) is 25.1 Å². The Hall–Kier alpha value is -1.67. The molecular weight excluding hydrogens is 411 g/mol. The van der Waals surface area contributed by atoms with Crippen molar-refractivity contribution >= 4 is 46.8 Å². The maximum absolute atomic E-state index is 13.1. The second-order valence-corrected chi connectivity index (χ2v) is 6.50. The zero-order valence-electron chi connectivity index (χ0n) is 13.9. The molecule has 0 spiro atoms. The summed E-state index contributed by atoms with van der Waals surface area (Å²) in [5, 5.41) is 5.35. The summed E-state index contributed by atoms with van der Waals surface area (Å²) in [5.41, 5.74) is -0.224. The highest BCUT2D eigenvalue weighted by Crippen LogP contribution is 2.31. The molecule has 140 valence electrons. The highest BCUT2D eigenvalue weighted by Gasteiger charge is 2.27. The van der Waals surface area contributed by atoms with Crippen LogP contribution in [0.25, 0.3) is 6.08 Å². The lowest BCUT2D eigenvalue weighted by molar-refractivity contribution is -0.0679. The van der Waals surface area contributed by atoms with E-state index < -0.39 is 18.0 Å². The molecule has 1 amide bonds. The summed E-state index contributed by atoms with van der Waals surface area (Å²) in [5.74, 6) is -0.800. The molecule has 0 aliphatic rings. The summed E-state index contributed by atoms with van der Waals surface area (Å²) in [7, 11) is 2.68. The Morgan fingerprint density at radius 3 is 2.38 bits per heavy atom. The van der Waals surface area contributed by atoms with Crippen LogP contribution in [0.5, 0.6) is 0 Å². The average Bonchev–Trinajstić information content (AvgIpc) is 2.93. The number of rotatable bonds is 5. The molecule has 0 unspecified atom stereocenters. The molecule has 2 aromatic rings. The van der Waals surface area contributed by atoms with Crippen LogP contribution in [-0.2, 0) is 11.9 Å². The van der Waals surface area contributed by atoms with E-state index in [0.29, 0.717) is 10.6 Å². The van der Waals surface area contributed by atoms with Gasteiger partial charge < -0.3 is 0 Å². The van der Waals surface area contributed by atoms with Crippen LogP contribution in [0.3, 0.4) is 0 Å². The molecule has 0 atom stereocenters. The van der Waals surface area contributed by atoms with Crippen LogP contribution in [0.15, 0.2) is 24.0 Å². The molecule has 0 N–H and O–H groups in total. The number of halogens is 5. The van der Waals surface area contributed by atoms with Crippen LogP contribution in [0.1, 0.15) is 35.0 Å². The van der Waals surface area contributed by atoms with Gasteiger partial charge in [-0.25, -0.2) is 8.78 Å². The van der Waals surface area contributed by atoms with E-state index in [-0.39, 0.29) is 21.3 Å². The molecule has 26 heavy (non-hydrogen) atoms. The van der Waals surface area contributed by atoms with Gasteiger partial charge in [0.1, 0.15) is 5.69 Å². The Morgan fingerprint density at radius 2 is 1.88 bits per heavy atom. The zero-order valence-corrected chi connectivity index (χ0v) is 16.2. The lowest BCUT2D eigenvalue weighted by Crippen LogP contribution is -2.28. The van der Waals surface area contributed by atoms with Crippen LogP contribution >= 0.6 is 34.8 Å². The highest BCUT2D eigenvalue weighted by atomic mass is 35.5. The van der Waals surface area contributed by atoms with Crippen LogP contribution < -0.4 is 0 Å². The lowest BCUT2D eigenvalue weighted by Gasteiger charge is -2.20. The van der Waals surface area contributed by atoms with Gasteiger partial charge in [-0.15, -0.1) is 0 Å². The quantitative estimate of drug-likeness (QED) is 0.605. The van der Waals surface area contributed by atoms with Crippen LogP contribution in [0, 0.1) is 0 Å². The fraction of sp³-hybridized carbons (Fsp3) is 0.250. The smallest absolute Gasteiger partial charge is 0.275 e. The van der Waals surface area contributed by atoms with Crippen molar-refractivity contribution in [3.8, 4) is 0 Å².